The van der Waals surface area contributed by atoms with Crippen LogP contribution in [0.4, 0.5) is 5.69 Å². The summed E-state index contributed by atoms with van der Waals surface area (Å²) in [4.78, 5) is 1.37. The number of anilines is 1. The van der Waals surface area contributed by atoms with E-state index in [0.29, 0.717) is 6.04 Å². The highest BCUT2D eigenvalue weighted by Crippen LogP contribution is 2.25. The summed E-state index contributed by atoms with van der Waals surface area (Å²) in [6, 6.07) is 13.0. The van der Waals surface area contributed by atoms with Crippen LogP contribution in [0.25, 0.3) is 0 Å². The van der Waals surface area contributed by atoms with Crippen LogP contribution >= 0.6 is 33.9 Å². The van der Waals surface area contributed by atoms with Gasteiger partial charge < -0.3 is 5.32 Å². The maximum absolute atomic E-state index is 3.52. The van der Waals surface area contributed by atoms with Crippen molar-refractivity contribution >= 4 is 39.6 Å². The molecule has 2 aromatic rings. The van der Waals surface area contributed by atoms with Gasteiger partial charge in [0.25, 0.3) is 0 Å². The van der Waals surface area contributed by atoms with Crippen molar-refractivity contribution in [3.05, 3.63) is 50.2 Å². The van der Waals surface area contributed by atoms with Crippen LogP contribution in [0.5, 0.6) is 0 Å². The van der Waals surface area contributed by atoms with Crippen molar-refractivity contribution in [1.82, 2.24) is 0 Å². The highest BCUT2D eigenvalue weighted by molar-refractivity contribution is 14.1. The lowest BCUT2D eigenvalue weighted by Gasteiger charge is -2.14. The number of para-hydroxylation sites is 1. The Bertz CT molecular complexity index is 425. The quantitative estimate of drug-likeness (QED) is 0.816. The summed E-state index contributed by atoms with van der Waals surface area (Å²) in [5, 5.41) is 5.63. The highest BCUT2D eigenvalue weighted by atomic mass is 127. The molecule has 3 heteroatoms. The number of nitrogens with one attached hydrogen (secondary N) is 1. The van der Waals surface area contributed by atoms with E-state index in [2.05, 4.69) is 76.6 Å². The zero-order chi connectivity index (χ0) is 10.7. The van der Waals surface area contributed by atoms with Crippen LogP contribution in [0.3, 0.4) is 0 Å². The summed E-state index contributed by atoms with van der Waals surface area (Å²) in [5.74, 6) is 0. The summed E-state index contributed by atoms with van der Waals surface area (Å²) in [7, 11) is 0. The molecule has 1 nitrogen and oxygen atoms in total. The van der Waals surface area contributed by atoms with Gasteiger partial charge in [0.2, 0.25) is 0 Å². The van der Waals surface area contributed by atoms with Crippen molar-refractivity contribution in [3.8, 4) is 0 Å². The van der Waals surface area contributed by atoms with Crippen molar-refractivity contribution in [2.45, 2.75) is 13.0 Å². The largest absolute Gasteiger partial charge is 0.377 e. The summed E-state index contributed by atoms with van der Waals surface area (Å²) < 4.78 is 1.26. The van der Waals surface area contributed by atoms with E-state index in [1.165, 1.54) is 14.1 Å². The van der Waals surface area contributed by atoms with Gasteiger partial charge in [-0.25, -0.2) is 0 Å². The molecule has 2 rings (SSSR count). The number of thiophene rings is 1. The van der Waals surface area contributed by atoms with E-state index in [4.69, 9.17) is 0 Å². The second-order valence-corrected chi connectivity index (χ2v) is 5.50. The molecule has 0 radical (unpaired) electrons. The first-order chi connectivity index (χ1) is 7.27. The number of benzene rings is 1. The molecule has 0 saturated heterocycles. The van der Waals surface area contributed by atoms with Crippen molar-refractivity contribution in [1.29, 1.82) is 0 Å². The average Bonchev–Trinajstić information content (AvgIpc) is 2.74. The Morgan fingerprint density at radius 1 is 1.20 bits per heavy atom. The Hall–Kier alpha value is -0.550. The maximum Gasteiger partial charge on any atom is 0.0578 e. The third kappa shape index (κ3) is 2.72. The predicted octanol–water partition coefficient (Wildman–Crippen LogP) is 4.53. The lowest BCUT2D eigenvalue weighted by atomic mass is 10.2. The molecule has 1 heterocycles. The molecule has 0 spiro atoms. The minimum absolute atomic E-state index is 0.376. The van der Waals surface area contributed by atoms with Crippen LogP contribution in [0.15, 0.2) is 41.8 Å². The van der Waals surface area contributed by atoms with E-state index in [9.17, 15) is 0 Å². The predicted molar refractivity (Wildman–Crippen MR) is 75.5 cm³/mol. The SMILES string of the molecule is C[C@@H](Nc1ccccc1I)c1cccs1. The fourth-order valence-corrected chi connectivity index (χ4v) is 2.70. The average molecular weight is 329 g/mol. The molecule has 0 bridgehead atoms. The number of halogens is 1. The second kappa shape index (κ2) is 4.99. The van der Waals surface area contributed by atoms with Crippen LogP contribution < -0.4 is 5.32 Å². The standard InChI is InChI=1S/C12H12INS/c1-9(12-7-4-8-15-12)14-11-6-3-2-5-10(11)13/h2-9,14H,1H3/t9-/m1/s1. The molecule has 0 aliphatic heterocycles. The van der Waals surface area contributed by atoms with Crippen LogP contribution in [-0.2, 0) is 0 Å². The third-order valence-electron chi connectivity index (χ3n) is 2.22. The molecule has 1 aromatic heterocycles. The Balaban J connectivity index is 2.13. The van der Waals surface area contributed by atoms with Gasteiger partial charge in [0.1, 0.15) is 0 Å². The van der Waals surface area contributed by atoms with Gasteiger partial charge >= 0.3 is 0 Å². The molecular weight excluding hydrogens is 317 g/mol. The zero-order valence-corrected chi connectivity index (χ0v) is 11.4. The van der Waals surface area contributed by atoms with Crippen LogP contribution in [0.1, 0.15) is 17.8 Å². The summed E-state index contributed by atoms with van der Waals surface area (Å²) >= 11 is 4.14. The molecule has 78 valence electrons. The maximum atomic E-state index is 3.52. The molecule has 1 aromatic carbocycles. The Morgan fingerprint density at radius 2 is 2.00 bits per heavy atom. The second-order valence-electron chi connectivity index (χ2n) is 3.36. The molecule has 0 saturated carbocycles. The minimum atomic E-state index is 0.376. The molecule has 0 fully saturated rings. The first-order valence-electron chi connectivity index (χ1n) is 4.82. The van der Waals surface area contributed by atoms with E-state index in [0.717, 1.165) is 0 Å². The molecule has 0 unspecified atom stereocenters. The van der Waals surface area contributed by atoms with E-state index < -0.39 is 0 Å². The Kier molecular flexibility index (Phi) is 3.64. The van der Waals surface area contributed by atoms with Gasteiger partial charge in [0.15, 0.2) is 0 Å². The topological polar surface area (TPSA) is 12.0 Å². The molecular formula is C12H12INS. The minimum Gasteiger partial charge on any atom is -0.377 e. The van der Waals surface area contributed by atoms with E-state index in [1.807, 2.05) is 0 Å². The highest BCUT2D eigenvalue weighted by Gasteiger charge is 2.07. The number of rotatable bonds is 3. The van der Waals surface area contributed by atoms with Gasteiger partial charge in [-0.1, -0.05) is 18.2 Å². The summed E-state index contributed by atoms with van der Waals surface area (Å²) in [6.45, 7) is 2.19. The van der Waals surface area contributed by atoms with E-state index >= 15 is 0 Å². The van der Waals surface area contributed by atoms with Crippen molar-refractivity contribution in [2.24, 2.45) is 0 Å². The smallest absolute Gasteiger partial charge is 0.0578 e. The van der Waals surface area contributed by atoms with Gasteiger partial charge in [-0.3, -0.25) is 0 Å². The molecule has 1 atom stereocenters. The first kappa shape index (κ1) is 11.0. The van der Waals surface area contributed by atoms with Gasteiger partial charge in [-0.05, 0) is 53.1 Å². The molecule has 15 heavy (non-hydrogen) atoms. The van der Waals surface area contributed by atoms with Crippen LogP contribution in [0.2, 0.25) is 0 Å². The first-order valence-corrected chi connectivity index (χ1v) is 6.77. The van der Waals surface area contributed by atoms with Crippen molar-refractivity contribution in [3.63, 3.8) is 0 Å². The normalized spacial score (nSPS) is 12.4. The van der Waals surface area contributed by atoms with E-state index in [-0.39, 0.29) is 0 Å². The molecule has 1 N–H and O–H groups in total. The van der Waals surface area contributed by atoms with Gasteiger partial charge in [-0.2, -0.15) is 0 Å². The lowest BCUT2D eigenvalue weighted by Crippen LogP contribution is -2.05. The zero-order valence-electron chi connectivity index (χ0n) is 8.41. The molecule has 0 amide bonds. The molecule has 0 aliphatic carbocycles. The van der Waals surface area contributed by atoms with Gasteiger partial charge in [-0.15, -0.1) is 11.3 Å². The fraction of sp³-hybridized carbons (Fsp3) is 0.167. The molecule has 0 aliphatic rings. The van der Waals surface area contributed by atoms with Crippen LogP contribution in [0, 0.1) is 3.57 Å². The number of hydrogen-bond acceptors (Lipinski definition) is 2. The Labute approximate surface area is 108 Å². The number of hydrogen-bond donors (Lipinski definition) is 1. The van der Waals surface area contributed by atoms with Gasteiger partial charge in [0.05, 0.1) is 6.04 Å². The van der Waals surface area contributed by atoms with Crippen LogP contribution in [-0.4, -0.2) is 0 Å². The van der Waals surface area contributed by atoms with Gasteiger partial charge in [0, 0.05) is 14.1 Å². The Morgan fingerprint density at radius 3 is 2.67 bits per heavy atom. The van der Waals surface area contributed by atoms with Crippen molar-refractivity contribution in [2.75, 3.05) is 5.32 Å². The fourth-order valence-electron chi connectivity index (χ4n) is 1.42. The van der Waals surface area contributed by atoms with Crippen molar-refractivity contribution < 1.29 is 0 Å². The van der Waals surface area contributed by atoms with E-state index in [1.54, 1.807) is 11.3 Å². The monoisotopic (exact) mass is 329 g/mol. The third-order valence-corrected chi connectivity index (χ3v) is 4.21. The summed E-state index contributed by atoms with van der Waals surface area (Å²) in [5.41, 5.74) is 1.21. The lowest BCUT2D eigenvalue weighted by molar-refractivity contribution is 0.907. The summed E-state index contributed by atoms with van der Waals surface area (Å²) in [6.07, 6.45) is 0.